The number of carbonyl (C=O) groups excluding carboxylic acids is 1. The Morgan fingerprint density at radius 3 is 2.55 bits per heavy atom. The number of rotatable bonds is 8. The molecule has 1 rings (SSSR count). The van der Waals surface area contributed by atoms with Gasteiger partial charge in [0.25, 0.3) is 0 Å². The van der Waals surface area contributed by atoms with E-state index in [0.717, 1.165) is 18.2 Å². The van der Waals surface area contributed by atoms with Gasteiger partial charge in [0, 0.05) is 30.6 Å². The SMILES string of the molecule is CCC(C)NC(=O)CCN(Cc1ccccc1Cl)S(C)(=O)=O. The highest BCUT2D eigenvalue weighted by Gasteiger charge is 2.19. The molecule has 0 radical (unpaired) electrons. The van der Waals surface area contributed by atoms with Crippen molar-refractivity contribution in [1.29, 1.82) is 0 Å². The van der Waals surface area contributed by atoms with Gasteiger partial charge in [0.15, 0.2) is 0 Å². The van der Waals surface area contributed by atoms with E-state index in [1.54, 1.807) is 24.3 Å². The maximum absolute atomic E-state index is 11.9. The highest BCUT2D eigenvalue weighted by molar-refractivity contribution is 7.88. The standard InChI is InChI=1S/C15H23ClN2O3S/c1-4-12(2)17-15(19)9-10-18(22(3,20)21)11-13-7-5-6-8-14(13)16/h5-8,12H,4,9-11H2,1-3H3,(H,17,19). The molecule has 1 N–H and O–H groups in total. The maximum Gasteiger partial charge on any atom is 0.221 e. The fourth-order valence-electron chi connectivity index (χ4n) is 1.85. The molecule has 0 aliphatic rings. The smallest absolute Gasteiger partial charge is 0.221 e. The fourth-order valence-corrected chi connectivity index (χ4v) is 2.85. The lowest BCUT2D eigenvalue weighted by Gasteiger charge is -2.21. The van der Waals surface area contributed by atoms with Gasteiger partial charge in [-0.15, -0.1) is 0 Å². The second-order valence-electron chi connectivity index (χ2n) is 5.31. The minimum Gasteiger partial charge on any atom is -0.354 e. The van der Waals surface area contributed by atoms with E-state index >= 15 is 0 Å². The van der Waals surface area contributed by atoms with Crippen LogP contribution in [0, 0.1) is 0 Å². The van der Waals surface area contributed by atoms with Crippen LogP contribution in [0.25, 0.3) is 0 Å². The van der Waals surface area contributed by atoms with E-state index in [1.807, 2.05) is 13.8 Å². The van der Waals surface area contributed by atoms with Crippen LogP contribution in [0.3, 0.4) is 0 Å². The molecule has 1 amide bonds. The summed E-state index contributed by atoms with van der Waals surface area (Å²) in [5.74, 6) is -0.151. The lowest BCUT2D eigenvalue weighted by molar-refractivity contribution is -0.121. The minimum atomic E-state index is -3.41. The van der Waals surface area contributed by atoms with Crippen molar-refractivity contribution in [3.63, 3.8) is 0 Å². The predicted molar refractivity (Wildman–Crippen MR) is 89.2 cm³/mol. The highest BCUT2D eigenvalue weighted by atomic mass is 35.5. The number of halogens is 1. The van der Waals surface area contributed by atoms with Crippen molar-refractivity contribution in [2.24, 2.45) is 0 Å². The lowest BCUT2D eigenvalue weighted by Crippen LogP contribution is -2.37. The molecule has 1 aromatic carbocycles. The molecule has 7 heteroatoms. The van der Waals surface area contributed by atoms with Gasteiger partial charge in [0.2, 0.25) is 15.9 Å². The van der Waals surface area contributed by atoms with Crippen LogP contribution in [0.15, 0.2) is 24.3 Å². The average molecular weight is 347 g/mol. The first-order chi connectivity index (χ1) is 10.2. The Hall–Kier alpha value is -1.11. The van der Waals surface area contributed by atoms with Crippen molar-refractivity contribution in [3.8, 4) is 0 Å². The molecule has 0 bridgehead atoms. The Bertz CT molecular complexity index is 605. The molecule has 0 fully saturated rings. The van der Waals surface area contributed by atoms with Gasteiger partial charge < -0.3 is 5.32 Å². The van der Waals surface area contributed by atoms with E-state index < -0.39 is 10.0 Å². The number of hydrogen-bond acceptors (Lipinski definition) is 3. The third-order valence-electron chi connectivity index (χ3n) is 3.38. The van der Waals surface area contributed by atoms with Crippen LogP contribution in [0.5, 0.6) is 0 Å². The summed E-state index contributed by atoms with van der Waals surface area (Å²) in [5, 5.41) is 3.34. The zero-order valence-electron chi connectivity index (χ0n) is 13.2. The normalized spacial score (nSPS) is 13.1. The van der Waals surface area contributed by atoms with Crippen molar-refractivity contribution in [2.75, 3.05) is 12.8 Å². The molecule has 0 saturated carbocycles. The van der Waals surface area contributed by atoms with E-state index in [1.165, 1.54) is 4.31 Å². The van der Waals surface area contributed by atoms with Crippen LogP contribution in [-0.4, -0.2) is 37.5 Å². The van der Waals surface area contributed by atoms with E-state index in [2.05, 4.69) is 5.32 Å². The molecule has 1 unspecified atom stereocenters. The molecule has 0 heterocycles. The van der Waals surface area contributed by atoms with Gasteiger partial charge in [-0.1, -0.05) is 36.7 Å². The molecule has 1 atom stereocenters. The maximum atomic E-state index is 11.9. The second-order valence-corrected chi connectivity index (χ2v) is 7.70. The van der Waals surface area contributed by atoms with Crippen molar-refractivity contribution in [1.82, 2.24) is 9.62 Å². The number of carbonyl (C=O) groups is 1. The quantitative estimate of drug-likeness (QED) is 0.786. The monoisotopic (exact) mass is 346 g/mol. The van der Waals surface area contributed by atoms with E-state index in [-0.39, 0.29) is 31.5 Å². The van der Waals surface area contributed by atoms with Gasteiger partial charge in [-0.05, 0) is 25.0 Å². The number of benzene rings is 1. The summed E-state index contributed by atoms with van der Waals surface area (Å²) < 4.78 is 25.0. The molecule has 124 valence electrons. The fraction of sp³-hybridized carbons (Fsp3) is 0.533. The molecule has 0 spiro atoms. The van der Waals surface area contributed by atoms with Gasteiger partial charge >= 0.3 is 0 Å². The van der Waals surface area contributed by atoms with Gasteiger partial charge in [0.1, 0.15) is 0 Å². The molecular formula is C15H23ClN2O3S. The first kappa shape index (κ1) is 18.9. The van der Waals surface area contributed by atoms with E-state index in [9.17, 15) is 13.2 Å². The molecule has 5 nitrogen and oxygen atoms in total. The molecule has 0 aromatic heterocycles. The summed E-state index contributed by atoms with van der Waals surface area (Å²) in [6.07, 6.45) is 2.10. The molecule has 1 aromatic rings. The van der Waals surface area contributed by atoms with E-state index in [4.69, 9.17) is 11.6 Å². The van der Waals surface area contributed by atoms with Crippen LogP contribution in [0.2, 0.25) is 5.02 Å². The topological polar surface area (TPSA) is 66.5 Å². The Kier molecular flexibility index (Phi) is 7.32. The Morgan fingerprint density at radius 2 is 2.00 bits per heavy atom. The number of sulfonamides is 1. The Morgan fingerprint density at radius 1 is 1.36 bits per heavy atom. The molecular weight excluding hydrogens is 324 g/mol. The third-order valence-corrected chi connectivity index (χ3v) is 5.00. The van der Waals surface area contributed by atoms with Crippen LogP contribution in [-0.2, 0) is 21.4 Å². The van der Waals surface area contributed by atoms with Gasteiger partial charge in [-0.2, -0.15) is 4.31 Å². The van der Waals surface area contributed by atoms with Crippen molar-refractivity contribution in [3.05, 3.63) is 34.9 Å². The molecule has 0 saturated heterocycles. The van der Waals surface area contributed by atoms with Crippen LogP contribution < -0.4 is 5.32 Å². The Balaban J connectivity index is 2.71. The predicted octanol–water partition coefficient (Wildman–Crippen LogP) is 2.41. The number of nitrogens with zero attached hydrogens (tertiary/aromatic N) is 1. The summed E-state index contributed by atoms with van der Waals surface area (Å²) in [6.45, 7) is 4.18. The van der Waals surface area contributed by atoms with Gasteiger partial charge in [0.05, 0.1) is 6.26 Å². The van der Waals surface area contributed by atoms with Crippen molar-refractivity contribution < 1.29 is 13.2 Å². The van der Waals surface area contributed by atoms with Crippen LogP contribution >= 0.6 is 11.6 Å². The summed E-state index contributed by atoms with van der Waals surface area (Å²) in [6, 6.07) is 7.17. The van der Waals surface area contributed by atoms with Gasteiger partial charge in [-0.25, -0.2) is 8.42 Å². The largest absolute Gasteiger partial charge is 0.354 e. The molecule has 0 aliphatic heterocycles. The summed E-state index contributed by atoms with van der Waals surface area (Å²) in [5.41, 5.74) is 0.719. The van der Waals surface area contributed by atoms with Crippen molar-refractivity contribution in [2.45, 2.75) is 39.3 Å². The zero-order chi connectivity index (χ0) is 16.8. The lowest BCUT2D eigenvalue weighted by atomic mass is 10.2. The van der Waals surface area contributed by atoms with Crippen LogP contribution in [0.4, 0.5) is 0 Å². The first-order valence-electron chi connectivity index (χ1n) is 7.22. The third kappa shape index (κ3) is 6.34. The average Bonchev–Trinajstić information content (AvgIpc) is 2.43. The summed E-state index contributed by atoms with van der Waals surface area (Å²) in [4.78, 5) is 11.8. The summed E-state index contributed by atoms with van der Waals surface area (Å²) in [7, 11) is -3.41. The summed E-state index contributed by atoms with van der Waals surface area (Å²) >= 11 is 6.07. The number of hydrogen-bond donors (Lipinski definition) is 1. The molecule has 22 heavy (non-hydrogen) atoms. The van der Waals surface area contributed by atoms with Gasteiger partial charge in [-0.3, -0.25) is 4.79 Å². The second kappa shape index (κ2) is 8.50. The van der Waals surface area contributed by atoms with Crippen LogP contribution in [0.1, 0.15) is 32.3 Å². The first-order valence-corrected chi connectivity index (χ1v) is 9.44. The minimum absolute atomic E-state index is 0.0859. The zero-order valence-corrected chi connectivity index (χ0v) is 14.7. The number of nitrogens with one attached hydrogen (secondary N) is 1. The van der Waals surface area contributed by atoms with Crippen molar-refractivity contribution >= 4 is 27.5 Å². The number of amides is 1. The van der Waals surface area contributed by atoms with E-state index in [0.29, 0.717) is 5.02 Å². The highest BCUT2D eigenvalue weighted by Crippen LogP contribution is 2.18. The molecule has 0 aliphatic carbocycles. The Labute approximate surface area is 137 Å².